The summed E-state index contributed by atoms with van der Waals surface area (Å²) in [5.74, 6) is 0.808. The summed E-state index contributed by atoms with van der Waals surface area (Å²) >= 11 is 4.11. The maximum absolute atomic E-state index is 9.78. The van der Waals surface area contributed by atoms with Gasteiger partial charge < -0.3 is 4.84 Å². The molecule has 1 aliphatic carbocycles. The van der Waals surface area contributed by atoms with E-state index in [0.717, 1.165) is 0 Å². The Balaban J connectivity index is 2.55. The molecule has 11 heavy (non-hydrogen) atoms. The van der Waals surface area contributed by atoms with Crippen molar-refractivity contribution in [2.75, 3.05) is 5.75 Å². The molecule has 1 rings (SSSR count). The molecule has 0 aromatic heterocycles. The molecule has 0 aliphatic heterocycles. The summed E-state index contributed by atoms with van der Waals surface area (Å²) < 4.78 is 0. The largest absolute Gasteiger partial charge is 0.356 e. The Morgan fingerprint density at radius 1 is 1.45 bits per heavy atom. The number of hydrogen-bond acceptors (Lipinski definition) is 4. The fourth-order valence-corrected chi connectivity index (χ4v) is 1.29. The van der Waals surface area contributed by atoms with E-state index in [9.17, 15) is 4.91 Å². The van der Waals surface area contributed by atoms with Crippen molar-refractivity contribution < 1.29 is 4.84 Å². The van der Waals surface area contributed by atoms with Gasteiger partial charge in [-0.2, -0.15) is 12.6 Å². The third-order valence-electron chi connectivity index (χ3n) is 1.57. The van der Waals surface area contributed by atoms with Gasteiger partial charge in [0.25, 0.3) is 0 Å². The van der Waals surface area contributed by atoms with Crippen molar-refractivity contribution in [1.82, 2.24) is 0 Å². The lowest BCUT2D eigenvalue weighted by molar-refractivity contribution is 0.0654. The van der Waals surface area contributed by atoms with Gasteiger partial charge in [0, 0.05) is 11.7 Å². The zero-order chi connectivity index (χ0) is 8.10. The zero-order valence-corrected chi connectivity index (χ0v) is 6.78. The number of nitrogens with zero attached hydrogens (tertiary/aromatic N) is 1. The van der Waals surface area contributed by atoms with Crippen LogP contribution < -0.4 is 0 Å². The van der Waals surface area contributed by atoms with E-state index in [4.69, 9.17) is 0 Å². The molecule has 0 radical (unpaired) electrons. The van der Waals surface area contributed by atoms with Crippen LogP contribution in [0.1, 0.15) is 0 Å². The lowest BCUT2D eigenvalue weighted by atomic mass is 10.00. The first kappa shape index (κ1) is 8.33. The zero-order valence-electron chi connectivity index (χ0n) is 5.88. The summed E-state index contributed by atoms with van der Waals surface area (Å²) in [5, 5.41) is 2.39. The molecular weight excluding hydrogens is 162 g/mol. The second kappa shape index (κ2) is 4.18. The molecule has 2 unspecified atom stereocenters. The monoisotopic (exact) mass is 171 g/mol. The molecule has 0 fully saturated rings. The SMILES string of the molecule is O=NOC1C=CC=CC1CS. The standard InChI is InChI=1S/C7H9NO2S/c9-8-10-7-4-2-1-3-6(7)5-11/h1-4,6-7,11H,5H2. The minimum Gasteiger partial charge on any atom is -0.356 e. The molecule has 0 aromatic carbocycles. The third-order valence-corrected chi connectivity index (χ3v) is 1.99. The minimum atomic E-state index is -0.241. The van der Waals surface area contributed by atoms with Crippen LogP contribution in [0.3, 0.4) is 0 Å². The van der Waals surface area contributed by atoms with Crippen molar-refractivity contribution >= 4 is 12.6 Å². The van der Waals surface area contributed by atoms with E-state index in [1.807, 2.05) is 18.2 Å². The lowest BCUT2D eigenvalue weighted by Gasteiger charge is -2.18. The molecule has 1 aliphatic rings. The minimum absolute atomic E-state index is 0.154. The van der Waals surface area contributed by atoms with Crippen LogP contribution in [-0.4, -0.2) is 11.9 Å². The van der Waals surface area contributed by atoms with E-state index >= 15 is 0 Å². The summed E-state index contributed by atoms with van der Waals surface area (Å²) in [6, 6.07) is 0. The summed E-state index contributed by atoms with van der Waals surface area (Å²) in [4.78, 5) is 14.3. The number of hydrogen-bond donors (Lipinski definition) is 1. The van der Waals surface area contributed by atoms with Gasteiger partial charge in [-0.1, -0.05) is 18.2 Å². The Bertz CT molecular complexity index is 191. The predicted octanol–water partition coefficient (Wildman–Crippen LogP) is 1.72. The van der Waals surface area contributed by atoms with Crippen LogP contribution in [-0.2, 0) is 4.84 Å². The van der Waals surface area contributed by atoms with Gasteiger partial charge in [0.15, 0.2) is 11.4 Å². The average Bonchev–Trinajstić information content (AvgIpc) is 2.06. The van der Waals surface area contributed by atoms with Crippen LogP contribution in [0.2, 0.25) is 0 Å². The van der Waals surface area contributed by atoms with Crippen LogP contribution in [0.5, 0.6) is 0 Å². The first-order valence-corrected chi connectivity index (χ1v) is 3.96. The fourth-order valence-electron chi connectivity index (χ4n) is 0.961. The predicted molar refractivity (Wildman–Crippen MR) is 46.3 cm³/mol. The van der Waals surface area contributed by atoms with Crippen molar-refractivity contribution in [3.8, 4) is 0 Å². The van der Waals surface area contributed by atoms with Gasteiger partial charge in [-0.05, 0) is 6.08 Å². The van der Waals surface area contributed by atoms with Crippen molar-refractivity contribution in [3.05, 3.63) is 29.2 Å². The first-order chi connectivity index (χ1) is 5.38. The van der Waals surface area contributed by atoms with Gasteiger partial charge in [0.1, 0.15) is 0 Å². The van der Waals surface area contributed by atoms with E-state index < -0.39 is 0 Å². The Morgan fingerprint density at radius 3 is 2.82 bits per heavy atom. The second-order valence-electron chi connectivity index (χ2n) is 2.26. The molecule has 4 heteroatoms. The molecule has 0 saturated carbocycles. The summed E-state index contributed by atoms with van der Waals surface area (Å²) in [7, 11) is 0. The molecule has 0 saturated heterocycles. The topological polar surface area (TPSA) is 38.7 Å². The van der Waals surface area contributed by atoms with Crippen molar-refractivity contribution in [2.24, 2.45) is 11.3 Å². The molecule has 0 bridgehead atoms. The number of thiol groups is 1. The van der Waals surface area contributed by atoms with Crippen LogP contribution >= 0.6 is 12.6 Å². The molecule has 60 valence electrons. The lowest BCUT2D eigenvalue weighted by Crippen LogP contribution is -2.21. The van der Waals surface area contributed by atoms with Gasteiger partial charge in [0.2, 0.25) is 0 Å². The maximum atomic E-state index is 9.78. The van der Waals surface area contributed by atoms with E-state index in [-0.39, 0.29) is 12.0 Å². The van der Waals surface area contributed by atoms with E-state index in [0.29, 0.717) is 5.75 Å². The van der Waals surface area contributed by atoms with E-state index in [2.05, 4.69) is 22.8 Å². The quantitative estimate of drug-likeness (QED) is 0.399. The Hall–Kier alpha value is -0.770. The Labute approximate surface area is 70.5 Å². The van der Waals surface area contributed by atoms with E-state index in [1.54, 1.807) is 6.08 Å². The van der Waals surface area contributed by atoms with Crippen LogP contribution in [0.15, 0.2) is 29.6 Å². The maximum Gasteiger partial charge on any atom is 0.156 e. The van der Waals surface area contributed by atoms with Gasteiger partial charge >= 0.3 is 0 Å². The number of allylic oxidation sites excluding steroid dienone is 2. The summed E-state index contributed by atoms with van der Waals surface area (Å²) in [6.45, 7) is 0. The molecular formula is C7H9NO2S. The first-order valence-electron chi connectivity index (χ1n) is 3.33. The Kier molecular flexibility index (Phi) is 3.16. The molecule has 3 nitrogen and oxygen atoms in total. The van der Waals surface area contributed by atoms with Crippen LogP contribution in [0.25, 0.3) is 0 Å². The molecule has 2 atom stereocenters. The van der Waals surface area contributed by atoms with Gasteiger partial charge in [0.05, 0.1) is 0 Å². The smallest absolute Gasteiger partial charge is 0.156 e. The summed E-state index contributed by atoms with van der Waals surface area (Å²) in [6.07, 6.45) is 7.24. The van der Waals surface area contributed by atoms with Crippen molar-refractivity contribution in [3.63, 3.8) is 0 Å². The Morgan fingerprint density at radius 2 is 2.18 bits per heavy atom. The highest BCUT2D eigenvalue weighted by atomic mass is 32.1. The van der Waals surface area contributed by atoms with Crippen molar-refractivity contribution in [1.29, 1.82) is 0 Å². The second-order valence-corrected chi connectivity index (χ2v) is 2.63. The van der Waals surface area contributed by atoms with Crippen LogP contribution in [0, 0.1) is 10.8 Å². The highest BCUT2D eigenvalue weighted by molar-refractivity contribution is 7.80. The normalized spacial score (nSPS) is 28.5. The molecule has 0 spiro atoms. The van der Waals surface area contributed by atoms with Gasteiger partial charge in [-0.25, -0.2) is 0 Å². The highest BCUT2D eigenvalue weighted by Crippen LogP contribution is 2.17. The van der Waals surface area contributed by atoms with E-state index in [1.165, 1.54) is 0 Å². The van der Waals surface area contributed by atoms with Gasteiger partial charge in [-0.15, -0.1) is 4.91 Å². The summed E-state index contributed by atoms with van der Waals surface area (Å²) in [5.41, 5.74) is 0. The van der Waals surface area contributed by atoms with Crippen molar-refractivity contribution in [2.45, 2.75) is 6.10 Å². The highest BCUT2D eigenvalue weighted by Gasteiger charge is 2.18. The van der Waals surface area contributed by atoms with Gasteiger partial charge in [-0.3, -0.25) is 0 Å². The fraction of sp³-hybridized carbons (Fsp3) is 0.429. The third kappa shape index (κ3) is 2.08. The molecule has 0 N–H and O–H groups in total. The molecule has 0 amide bonds. The molecule has 0 aromatic rings. The van der Waals surface area contributed by atoms with Crippen LogP contribution in [0.4, 0.5) is 0 Å². The average molecular weight is 171 g/mol. The number of rotatable bonds is 3. The molecule has 0 heterocycles.